The number of unbranched alkanes of at least 4 members (excludes halogenated alkanes) is 9. The molecule has 1 aliphatic heterocycles. The zero-order valence-corrected chi connectivity index (χ0v) is 19.1. The third-order valence-electron chi connectivity index (χ3n) is 7.47. The first kappa shape index (κ1) is 22.8. The van der Waals surface area contributed by atoms with E-state index in [0.29, 0.717) is 12.1 Å². The highest BCUT2D eigenvalue weighted by atomic mass is 16.3. The van der Waals surface area contributed by atoms with E-state index in [9.17, 15) is 5.11 Å². The monoisotopic (exact) mass is 399 g/mol. The van der Waals surface area contributed by atoms with Crippen LogP contribution in [0, 0.1) is 0 Å². The van der Waals surface area contributed by atoms with Crippen molar-refractivity contribution in [1.82, 2.24) is 4.90 Å². The van der Waals surface area contributed by atoms with Crippen molar-refractivity contribution in [2.45, 2.75) is 134 Å². The highest BCUT2D eigenvalue weighted by molar-refractivity contribution is 5.36. The Bertz CT molecular complexity index is 586. The van der Waals surface area contributed by atoms with Gasteiger partial charge in [-0.25, -0.2) is 0 Å². The molecule has 0 bridgehead atoms. The Kier molecular flexibility index (Phi) is 9.52. The van der Waals surface area contributed by atoms with Crippen LogP contribution < -0.4 is 0 Å². The first-order valence-corrected chi connectivity index (χ1v) is 12.8. The van der Waals surface area contributed by atoms with Gasteiger partial charge in [0.1, 0.15) is 0 Å². The fraction of sp³-hybridized carbons (Fsp3) is 0.778. The quantitative estimate of drug-likeness (QED) is 0.376. The second kappa shape index (κ2) is 12.1. The minimum atomic E-state index is -0.233. The maximum atomic E-state index is 10.9. The summed E-state index contributed by atoms with van der Waals surface area (Å²) in [4.78, 5) is 2.72. The molecule has 2 aliphatic rings. The van der Waals surface area contributed by atoms with Gasteiger partial charge < -0.3 is 5.11 Å². The van der Waals surface area contributed by atoms with Gasteiger partial charge in [0.2, 0.25) is 0 Å². The highest BCUT2D eigenvalue weighted by Gasteiger charge is 2.41. The Morgan fingerprint density at radius 2 is 1.55 bits per heavy atom. The zero-order chi connectivity index (χ0) is 20.5. The number of nitrogens with zero attached hydrogens (tertiary/aromatic N) is 1. The molecule has 4 atom stereocenters. The fourth-order valence-corrected chi connectivity index (χ4v) is 5.88. The molecule has 1 fully saturated rings. The lowest BCUT2D eigenvalue weighted by atomic mass is 9.89. The summed E-state index contributed by atoms with van der Waals surface area (Å²) in [6.07, 6.45) is 19.9. The Balaban J connectivity index is 1.44. The first-order valence-electron chi connectivity index (χ1n) is 12.8. The summed E-state index contributed by atoms with van der Waals surface area (Å²) in [7, 11) is 0. The van der Waals surface area contributed by atoms with Gasteiger partial charge in [0.05, 0.1) is 12.1 Å². The van der Waals surface area contributed by atoms with Crippen molar-refractivity contribution in [1.29, 1.82) is 0 Å². The largest absolute Gasteiger partial charge is 0.391 e. The van der Waals surface area contributed by atoms with Crippen molar-refractivity contribution in [3.63, 3.8) is 0 Å². The van der Waals surface area contributed by atoms with Crippen molar-refractivity contribution in [2.75, 3.05) is 0 Å². The first-order chi connectivity index (χ1) is 14.2. The normalized spacial score (nSPS) is 27.3. The molecule has 0 spiro atoms. The summed E-state index contributed by atoms with van der Waals surface area (Å²) in [6, 6.07) is 10.2. The number of hydrogen-bond donors (Lipinski definition) is 1. The van der Waals surface area contributed by atoms with Gasteiger partial charge in [-0.3, -0.25) is 4.90 Å². The molecule has 2 nitrogen and oxygen atoms in total. The van der Waals surface area contributed by atoms with Gasteiger partial charge in [0.15, 0.2) is 0 Å². The molecule has 3 rings (SSSR count). The lowest BCUT2D eigenvalue weighted by Crippen LogP contribution is -2.49. The minimum Gasteiger partial charge on any atom is -0.391 e. The summed E-state index contributed by atoms with van der Waals surface area (Å²) in [6.45, 7) is 4.68. The third-order valence-corrected chi connectivity index (χ3v) is 7.47. The summed E-state index contributed by atoms with van der Waals surface area (Å²) >= 11 is 0. The average Bonchev–Trinajstić information content (AvgIpc) is 3.05. The van der Waals surface area contributed by atoms with Crippen molar-refractivity contribution in [3.05, 3.63) is 35.4 Å². The van der Waals surface area contributed by atoms with E-state index in [0.717, 1.165) is 6.42 Å². The minimum absolute atomic E-state index is 0.217. The predicted octanol–water partition coefficient (Wildman–Crippen LogP) is 7.20. The molecular formula is C27H45NO. The Hall–Kier alpha value is -0.860. The van der Waals surface area contributed by atoms with Crippen LogP contribution >= 0.6 is 0 Å². The van der Waals surface area contributed by atoms with Crippen LogP contribution in [0.3, 0.4) is 0 Å². The molecule has 1 heterocycles. The van der Waals surface area contributed by atoms with Gasteiger partial charge in [-0.05, 0) is 37.3 Å². The van der Waals surface area contributed by atoms with Crippen LogP contribution in [0.25, 0.3) is 0 Å². The van der Waals surface area contributed by atoms with Crippen LogP contribution in [0.5, 0.6) is 0 Å². The van der Waals surface area contributed by atoms with E-state index < -0.39 is 0 Å². The summed E-state index contributed by atoms with van der Waals surface area (Å²) in [5.41, 5.74) is 2.75. The molecule has 0 aromatic heterocycles. The van der Waals surface area contributed by atoms with E-state index in [4.69, 9.17) is 0 Å². The lowest BCUT2D eigenvalue weighted by molar-refractivity contribution is -0.0169. The van der Waals surface area contributed by atoms with Gasteiger partial charge in [-0.1, -0.05) is 102 Å². The predicted molar refractivity (Wildman–Crippen MR) is 124 cm³/mol. The van der Waals surface area contributed by atoms with Gasteiger partial charge in [-0.15, -0.1) is 0 Å². The molecular weight excluding hydrogens is 354 g/mol. The number of hydrogen-bond acceptors (Lipinski definition) is 2. The third kappa shape index (κ3) is 6.31. The SMILES string of the molecule is CCCCCCCCCCCC[C@H]1CCC[C@@H](C)N1[C@@H]1c2ccccc2C[C@@H]1O. The van der Waals surface area contributed by atoms with E-state index in [1.54, 1.807) is 0 Å². The number of piperidine rings is 1. The molecule has 1 aromatic rings. The maximum Gasteiger partial charge on any atom is 0.0777 e. The summed E-state index contributed by atoms with van der Waals surface area (Å²) in [5, 5.41) is 10.9. The summed E-state index contributed by atoms with van der Waals surface area (Å²) < 4.78 is 0. The Morgan fingerprint density at radius 3 is 2.28 bits per heavy atom. The van der Waals surface area contributed by atoms with E-state index >= 15 is 0 Å². The van der Waals surface area contributed by atoms with Crippen LogP contribution in [-0.4, -0.2) is 28.2 Å². The van der Waals surface area contributed by atoms with Crippen molar-refractivity contribution in [2.24, 2.45) is 0 Å². The van der Waals surface area contributed by atoms with Gasteiger partial charge >= 0.3 is 0 Å². The van der Waals surface area contributed by atoms with Crippen molar-refractivity contribution in [3.8, 4) is 0 Å². The van der Waals surface area contributed by atoms with Crippen LogP contribution in [-0.2, 0) is 6.42 Å². The molecule has 1 aromatic carbocycles. The fourth-order valence-electron chi connectivity index (χ4n) is 5.88. The van der Waals surface area contributed by atoms with Gasteiger partial charge in [0.25, 0.3) is 0 Å². The molecule has 0 radical (unpaired) electrons. The molecule has 0 amide bonds. The highest BCUT2D eigenvalue weighted by Crippen LogP contribution is 2.42. The van der Waals surface area contributed by atoms with Gasteiger partial charge in [-0.2, -0.15) is 0 Å². The molecule has 1 N–H and O–H groups in total. The number of benzene rings is 1. The van der Waals surface area contributed by atoms with Crippen LogP contribution in [0.2, 0.25) is 0 Å². The van der Waals surface area contributed by atoms with Crippen molar-refractivity contribution >= 4 is 0 Å². The number of aliphatic hydroxyl groups excluding tert-OH is 1. The molecule has 0 saturated carbocycles. The van der Waals surface area contributed by atoms with Gasteiger partial charge in [0, 0.05) is 18.5 Å². The molecule has 1 saturated heterocycles. The maximum absolute atomic E-state index is 10.9. The summed E-state index contributed by atoms with van der Waals surface area (Å²) in [5.74, 6) is 0. The smallest absolute Gasteiger partial charge is 0.0777 e. The second-order valence-corrected chi connectivity index (χ2v) is 9.77. The van der Waals surface area contributed by atoms with Crippen LogP contribution in [0.15, 0.2) is 24.3 Å². The molecule has 164 valence electrons. The second-order valence-electron chi connectivity index (χ2n) is 9.77. The molecule has 29 heavy (non-hydrogen) atoms. The standard InChI is InChI=1S/C27H45NO/c1-3-4-5-6-7-8-9-10-11-12-18-24-19-15-16-22(2)28(24)27-25-20-14-13-17-23(25)21-26(27)29/h13-14,17,20,22,24,26-27,29H,3-12,15-16,18-19,21H2,1-2H3/t22-,24+,26+,27-/m1/s1. The molecule has 2 heteroatoms. The Morgan fingerprint density at radius 1 is 0.897 bits per heavy atom. The van der Waals surface area contributed by atoms with E-state index in [2.05, 4.69) is 43.0 Å². The molecule has 1 aliphatic carbocycles. The van der Waals surface area contributed by atoms with Crippen LogP contribution in [0.1, 0.15) is 121 Å². The van der Waals surface area contributed by atoms with E-state index in [1.165, 1.54) is 101 Å². The average molecular weight is 400 g/mol. The number of fused-ring (bicyclic) bond motifs is 1. The van der Waals surface area contributed by atoms with Crippen LogP contribution in [0.4, 0.5) is 0 Å². The lowest BCUT2D eigenvalue weighted by Gasteiger charge is -2.46. The number of rotatable bonds is 12. The zero-order valence-electron chi connectivity index (χ0n) is 19.1. The van der Waals surface area contributed by atoms with E-state index in [-0.39, 0.29) is 12.1 Å². The molecule has 0 unspecified atom stereocenters. The van der Waals surface area contributed by atoms with Crippen molar-refractivity contribution < 1.29 is 5.11 Å². The topological polar surface area (TPSA) is 23.5 Å². The Labute approximate surface area is 180 Å². The number of likely N-dealkylation sites (tertiary alicyclic amines) is 1. The van der Waals surface area contributed by atoms with E-state index in [1.807, 2.05) is 0 Å². The number of aliphatic hydroxyl groups is 1.